The molecule has 0 spiro atoms. The smallest absolute Gasteiger partial charge is 0.0949 e. The Hall–Kier alpha value is -0.380. The van der Waals surface area contributed by atoms with Gasteiger partial charge in [-0.15, -0.1) is 0 Å². The first-order valence-electron chi connectivity index (χ1n) is 7.31. The minimum absolute atomic E-state index is 0.167. The van der Waals surface area contributed by atoms with Gasteiger partial charge in [-0.05, 0) is 43.5 Å². The maximum Gasteiger partial charge on any atom is 0.0949 e. The first-order valence-corrected chi connectivity index (χ1v) is 8.10. The van der Waals surface area contributed by atoms with Crippen molar-refractivity contribution in [1.29, 1.82) is 0 Å². The van der Waals surface area contributed by atoms with Crippen LogP contribution in [-0.4, -0.2) is 20.2 Å². The molecule has 1 atom stereocenters. The molecule has 3 heteroatoms. The lowest BCUT2D eigenvalue weighted by Gasteiger charge is -2.25. The Morgan fingerprint density at radius 3 is 2.53 bits per heavy atom. The Labute approximate surface area is 125 Å². The van der Waals surface area contributed by atoms with Gasteiger partial charge in [-0.2, -0.15) is 0 Å². The Morgan fingerprint density at radius 1 is 1.21 bits per heavy atom. The summed E-state index contributed by atoms with van der Waals surface area (Å²) in [5.41, 5.74) is 1.26. The number of hydrogen-bond donors (Lipinski definition) is 1. The van der Waals surface area contributed by atoms with Crippen molar-refractivity contribution in [2.24, 2.45) is 5.92 Å². The molecule has 106 valence electrons. The van der Waals surface area contributed by atoms with Gasteiger partial charge in [0, 0.05) is 11.0 Å². The largest absolute Gasteiger partial charge is 0.372 e. The lowest BCUT2D eigenvalue weighted by atomic mass is 9.90. The standard InChI is InChI=1S/C16H24BrNO/c1-18-11-16(14-7-9-15(17)10-8-14)19-12-13-5-3-2-4-6-13/h7-10,13,16,18H,2-6,11-12H2,1H3. The summed E-state index contributed by atoms with van der Waals surface area (Å²) in [6.07, 6.45) is 7.01. The number of halogens is 1. The van der Waals surface area contributed by atoms with E-state index >= 15 is 0 Å². The highest BCUT2D eigenvalue weighted by molar-refractivity contribution is 9.10. The van der Waals surface area contributed by atoms with Crippen molar-refractivity contribution in [2.45, 2.75) is 38.2 Å². The lowest BCUT2D eigenvalue weighted by Crippen LogP contribution is -2.23. The van der Waals surface area contributed by atoms with Gasteiger partial charge in [0.1, 0.15) is 0 Å². The molecule has 0 heterocycles. The van der Waals surface area contributed by atoms with Crippen LogP contribution >= 0.6 is 15.9 Å². The fourth-order valence-corrected chi connectivity index (χ4v) is 3.01. The quantitative estimate of drug-likeness (QED) is 0.841. The summed E-state index contributed by atoms with van der Waals surface area (Å²) in [4.78, 5) is 0. The van der Waals surface area contributed by atoms with E-state index in [-0.39, 0.29) is 6.10 Å². The van der Waals surface area contributed by atoms with Crippen molar-refractivity contribution in [3.63, 3.8) is 0 Å². The molecular formula is C16H24BrNO. The Balaban J connectivity index is 1.89. The zero-order valence-electron chi connectivity index (χ0n) is 11.7. The highest BCUT2D eigenvalue weighted by Crippen LogP contribution is 2.26. The summed E-state index contributed by atoms with van der Waals surface area (Å²) in [5, 5.41) is 3.23. The molecule has 19 heavy (non-hydrogen) atoms. The molecule has 0 bridgehead atoms. The minimum Gasteiger partial charge on any atom is -0.372 e. The van der Waals surface area contributed by atoms with E-state index in [1.165, 1.54) is 37.7 Å². The van der Waals surface area contributed by atoms with E-state index in [0.717, 1.165) is 23.5 Å². The predicted octanol–water partition coefficient (Wildman–Crippen LogP) is 4.31. The van der Waals surface area contributed by atoms with Gasteiger partial charge < -0.3 is 10.1 Å². The topological polar surface area (TPSA) is 21.3 Å². The van der Waals surface area contributed by atoms with Gasteiger partial charge in [-0.25, -0.2) is 0 Å². The summed E-state index contributed by atoms with van der Waals surface area (Å²) in [5.74, 6) is 0.767. The van der Waals surface area contributed by atoms with Crippen molar-refractivity contribution in [3.05, 3.63) is 34.3 Å². The summed E-state index contributed by atoms with van der Waals surface area (Å²) < 4.78 is 7.29. The van der Waals surface area contributed by atoms with E-state index in [1.54, 1.807) is 0 Å². The van der Waals surface area contributed by atoms with Crippen molar-refractivity contribution in [3.8, 4) is 0 Å². The van der Waals surface area contributed by atoms with Gasteiger partial charge in [-0.3, -0.25) is 0 Å². The molecule has 0 radical (unpaired) electrons. The fraction of sp³-hybridized carbons (Fsp3) is 0.625. The van der Waals surface area contributed by atoms with Gasteiger partial charge in [0.15, 0.2) is 0 Å². The number of hydrogen-bond acceptors (Lipinski definition) is 2. The molecule has 1 N–H and O–H groups in total. The van der Waals surface area contributed by atoms with Crippen molar-refractivity contribution >= 4 is 15.9 Å². The second-order valence-corrected chi connectivity index (χ2v) is 6.35. The number of benzene rings is 1. The second kappa shape index (κ2) is 8.03. The maximum atomic E-state index is 6.17. The first kappa shape index (κ1) is 15.0. The van der Waals surface area contributed by atoms with Crippen LogP contribution in [0, 0.1) is 5.92 Å². The Morgan fingerprint density at radius 2 is 1.89 bits per heavy atom. The zero-order valence-corrected chi connectivity index (χ0v) is 13.3. The molecule has 1 aromatic rings. The SMILES string of the molecule is CNCC(OCC1CCCCC1)c1ccc(Br)cc1. The molecule has 0 amide bonds. The summed E-state index contributed by atoms with van der Waals surface area (Å²) >= 11 is 3.48. The van der Waals surface area contributed by atoms with Crippen molar-refractivity contribution in [1.82, 2.24) is 5.32 Å². The zero-order chi connectivity index (χ0) is 13.5. The monoisotopic (exact) mass is 325 g/mol. The van der Waals surface area contributed by atoms with Crippen LogP contribution in [-0.2, 0) is 4.74 Å². The number of rotatable bonds is 6. The van der Waals surface area contributed by atoms with Gasteiger partial charge >= 0.3 is 0 Å². The van der Waals surface area contributed by atoms with E-state index in [9.17, 15) is 0 Å². The third-order valence-electron chi connectivity index (χ3n) is 3.89. The summed E-state index contributed by atoms with van der Waals surface area (Å²) in [6, 6.07) is 8.46. The average molecular weight is 326 g/mol. The highest BCUT2D eigenvalue weighted by Gasteiger charge is 2.17. The van der Waals surface area contributed by atoms with Gasteiger partial charge in [0.05, 0.1) is 12.7 Å². The number of ether oxygens (including phenoxy) is 1. The third-order valence-corrected chi connectivity index (χ3v) is 4.42. The van der Waals surface area contributed by atoms with Crippen LogP contribution in [0.1, 0.15) is 43.8 Å². The number of nitrogens with one attached hydrogen (secondary N) is 1. The highest BCUT2D eigenvalue weighted by atomic mass is 79.9. The van der Waals surface area contributed by atoms with E-state index in [2.05, 4.69) is 45.5 Å². The van der Waals surface area contributed by atoms with E-state index in [1.807, 2.05) is 7.05 Å². The average Bonchev–Trinajstić information content (AvgIpc) is 2.46. The van der Waals surface area contributed by atoms with Crippen LogP contribution in [0.15, 0.2) is 28.7 Å². The van der Waals surface area contributed by atoms with Gasteiger partial charge in [-0.1, -0.05) is 47.3 Å². The predicted molar refractivity (Wildman–Crippen MR) is 83.3 cm³/mol. The molecule has 1 aromatic carbocycles. The molecule has 0 saturated heterocycles. The van der Waals surface area contributed by atoms with E-state index < -0.39 is 0 Å². The fourth-order valence-electron chi connectivity index (χ4n) is 2.74. The molecule has 1 fully saturated rings. The summed E-state index contributed by atoms with van der Waals surface area (Å²) in [6.45, 7) is 1.77. The van der Waals surface area contributed by atoms with Crippen LogP contribution in [0.3, 0.4) is 0 Å². The van der Waals surface area contributed by atoms with Crippen LogP contribution < -0.4 is 5.32 Å². The molecule has 1 saturated carbocycles. The van der Waals surface area contributed by atoms with E-state index in [4.69, 9.17) is 4.74 Å². The molecule has 1 aliphatic carbocycles. The van der Waals surface area contributed by atoms with Gasteiger partial charge in [0.25, 0.3) is 0 Å². The minimum atomic E-state index is 0.167. The molecule has 1 aliphatic rings. The molecule has 2 nitrogen and oxygen atoms in total. The van der Waals surface area contributed by atoms with Crippen LogP contribution in [0.2, 0.25) is 0 Å². The van der Waals surface area contributed by atoms with Crippen LogP contribution in [0.4, 0.5) is 0 Å². The Bertz CT molecular complexity index is 360. The van der Waals surface area contributed by atoms with Crippen LogP contribution in [0.5, 0.6) is 0 Å². The first-order chi connectivity index (χ1) is 9.29. The lowest BCUT2D eigenvalue weighted by molar-refractivity contribution is 0.0209. The molecule has 2 rings (SSSR count). The molecule has 0 aliphatic heterocycles. The summed E-state index contributed by atoms with van der Waals surface area (Å²) in [7, 11) is 1.98. The molecule has 0 aromatic heterocycles. The van der Waals surface area contributed by atoms with Gasteiger partial charge in [0.2, 0.25) is 0 Å². The van der Waals surface area contributed by atoms with Crippen molar-refractivity contribution < 1.29 is 4.74 Å². The maximum absolute atomic E-state index is 6.17. The second-order valence-electron chi connectivity index (χ2n) is 5.44. The molecular weight excluding hydrogens is 302 g/mol. The number of likely N-dealkylation sites (N-methyl/N-ethyl adjacent to an activating group) is 1. The third kappa shape index (κ3) is 4.90. The van der Waals surface area contributed by atoms with Crippen LogP contribution in [0.25, 0.3) is 0 Å². The Kier molecular flexibility index (Phi) is 6.35. The normalized spacial score (nSPS) is 18.4. The van der Waals surface area contributed by atoms with Crippen molar-refractivity contribution in [2.75, 3.05) is 20.2 Å². The van der Waals surface area contributed by atoms with E-state index in [0.29, 0.717) is 0 Å². The molecule has 1 unspecified atom stereocenters.